The van der Waals surface area contributed by atoms with Crippen LogP contribution in [0.1, 0.15) is 37.7 Å². The van der Waals surface area contributed by atoms with Gasteiger partial charge in [0.05, 0.1) is 6.54 Å². The molecule has 1 aliphatic carbocycles. The molecule has 0 radical (unpaired) electrons. The highest BCUT2D eigenvalue weighted by molar-refractivity contribution is 5.96. The molecule has 2 aliphatic rings. The quantitative estimate of drug-likeness (QED) is 0.570. The van der Waals surface area contributed by atoms with Gasteiger partial charge >= 0.3 is 0 Å². The first-order chi connectivity index (χ1) is 12.0. The van der Waals surface area contributed by atoms with Crippen molar-refractivity contribution in [3.63, 3.8) is 0 Å². The SMILES string of the molecule is N=C(N)N1CCN(CC(O)(c2ccccc2)C2CCCCC2)CC1=O. The van der Waals surface area contributed by atoms with Gasteiger partial charge in [-0.05, 0) is 24.3 Å². The van der Waals surface area contributed by atoms with Gasteiger partial charge in [0.1, 0.15) is 5.60 Å². The van der Waals surface area contributed by atoms with Crippen molar-refractivity contribution < 1.29 is 9.90 Å². The average molecular weight is 344 g/mol. The molecule has 3 rings (SSSR count). The third-order valence-electron chi connectivity index (χ3n) is 5.61. The van der Waals surface area contributed by atoms with Crippen LogP contribution in [0.4, 0.5) is 0 Å². The molecule has 1 unspecified atom stereocenters. The fourth-order valence-corrected chi connectivity index (χ4v) is 4.22. The highest BCUT2D eigenvalue weighted by Crippen LogP contribution is 2.40. The predicted molar refractivity (Wildman–Crippen MR) is 97.0 cm³/mol. The van der Waals surface area contributed by atoms with E-state index < -0.39 is 5.60 Å². The van der Waals surface area contributed by atoms with Crippen LogP contribution in [0.3, 0.4) is 0 Å². The highest BCUT2D eigenvalue weighted by atomic mass is 16.3. The zero-order valence-electron chi connectivity index (χ0n) is 14.7. The molecule has 1 saturated heterocycles. The molecule has 4 N–H and O–H groups in total. The van der Waals surface area contributed by atoms with E-state index in [1.165, 1.54) is 11.3 Å². The Hall–Kier alpha value is -1.92. The van der Waals surface area contributed by atoms with Crippen LogP contribution >= 0.6 is 0 Å². The summed E-state index contributed by atoms with van der Waals surface area (Å²) in [6.45, 7) is 1.66. The van der Waals surface area contributed by atoms with Crippen molar-refractivity contribution in [1.29, 1.82) is 5.41 Å². The van der Waals surface area contributed by atoms with Crippen LogP contribution in [-0.4, -0.2) is 53.0 Å². The molecular formula is C19H28N4O2. The van der Waals surface area contributed by atoms with Crippen molar-refractivity contribution in [1.82, 2.24) is 9.80 Å². The Morgan fingerprint density at radius 1 is 1.20 bits per heavy atom. The van der Waals surface area contributed by atoms with E-state index in [1.54, 1.807) is 0 Å². The summed E-state index contributed by atoms with van der Waals surface area (Å²) in [4.78, 5) is 15.5. The summed E-state index contributed by atoms with van der Waals surface area (Å²) < 4.78 is 0. The van der Waals surface area contributed by atoms with Crippen molar-refractivity contribution >= 4 is 11.9 Å². The maximum absolute atomic E-state index is 12.2. The van der Waals surface area contributed by atoms with Crippen LogP contribution < -0.4 is 5.73 Å². The zero-order valence-corrected chi connectivity index (χ0v) is 14.7. The van der Waals surface area contributed by atoms with E-state index in [9.17, 15) is 9.90 Å². The largest absolute Gasteiger partial charge is 0.384 e. The predicted octanol–water partition coefficient (Wildman–Crippen LogP) is 1.49. The minimum Gasteiger partial charge on any atom is -0.384 e. The van der Waals surface area contributed by atoms with Gasteiger partial charge in [0.25, 0.3) is 0 Å². The molecule has 0 bridgehead atoms. The lowest BCUT2D eigenvalue weighted by molar-refractivity contribution is -0.134. The molecule has 1 atom stereocenters. The van der Waals surface area contributed by atoms with Crippen molar-refractivity contribution in [3.05, 3.63) is 35.9 Å². The van der Waals surface area contributed by atoms with Crippen LogP contribution in [0.2, 0.25) is 0 Å². The standard InChI is InChI=1S/C19H28N4O2/c20-18(21)23-12-11-22(13-17(23)24)14-19(25,15-7-3-1-4-8-15)16-9-5-2-6-10-16/h1,3-4,7-8,16,25H,2,5-6,9-14H2,(H3,20,21). The van der Waals surface area contributed by atoms with Gasteiger partial charge in [0.15, 0.2) is 5.96 Å². The number of hydrogen-bond donors (Lipinski definition) is 3. The van der Waals surface area contributed by atoms with Gasteiger partial charge < -0.3 is 10.8 Å². The molecule has 1 amide bonds. The van der Waals surface area contributed by atoms with Crippen LogP contribution in [0.25, 0.3) is 0 Å². The number of nitrogens with zero attached hydrogens (tertiary/aromatic N) is 2. The Kier molecular flexibility index (Phi) is 5.39. The van der Waals surface area contributed by atoms with E-state index in [-0.39, 0.29) is 24.3 Å². The number of benzene rings is 1. The van der Waals surface area contributed by atoms with E-state index in [0.717, 1.165) is 31.2 Å². The smallest absolute Gasteiger partial charge is 0.243 e. The summed E-state index contributed by atoms with van der Waals surface area (Å²) in [5.41, 5.74) is 5.45. The van der Waals surface area contributed by atoms with Crippen molar-refractivity contribution in [3.8, 4) is 0 Å². The number of aliphatic hydroxyl groups is 1. The topological polar surface area (TPSA) is 93.7 Å². The minimum atomic E-state index is -0.944. The van der Waals surface area contributed by atoms with Gasteiger partial charge in [-0.3, -0.25) is 20.0 Å². The monoisotopic (exact) mass is 344 g/mol. The highest BCUT2D eigenvalue weighted by Gasteiger charge is 2.41. The molecule has 6 nitrogen and oxygen atoms in total. The first-order valence-corrected chi connectivity index (χ1v) is 9.15. The molecule has 0 spiro atoms. The first kappa shape index (κ1) is 17.9. The molecule has 1 saturated carbocycles. The molecule has 1 aliphatic heterocycles. The van der Waals surface area contributed by atoms with Crippen LogP contribution in [0.5, 0.6) is 0 Å². The van der Waals surface area contributed by atoms with E-state index in [2.05, 4.69) is 0 Å². The second-order valence-electron chi connectivity index (χ2n) is 7.27. The Labute approximate surface area is 149 Å². The van der Waals surface area contributed by atoms with Gasteiger partial charge in [-0.1, -0.05) is 49.6 Å². The maximum Gasteiger partial charge on any atom is 0.243 e. The van der Waals surface area contributed by atoms with Crippen LogP contribution in [0.15, 0.2) is 30.3 Å². The summed E-state index contributed by atoms with van der Waals surface area (Å²) in [5.74, 6) is -0.155. The number of nitrogens with one attached hydrogen (secondary N) is 1. The summed E-state index contributed by atoms with van der Waals surface area (Å²) in [6.07, 6.45) is 5.57. The number of carbonyl (C=O) groups excluding carboxylic acids is 1. The first-order valence-electron chi connectivity index (χ1n) is 9.15. The third-order valence-corrected chi connectivity index (χ3v) is 5.61. The Morgan fingerprint density at radius 2 is 1.88 bits per heavy atom. The number of β-amino-alcohol motifs (C(OH)–C–C–N with tert-alkyl or cyclic N) is 1. The lowest BCUT2D eigenvalue weighted by Gasteiger charge is -2.43. The molecule has 1 aromatic carbocycles. The summed E-state index contributed by atoms with van der Waals surface area (Å²) in [5, 5.41) is 19.2. The average Bonchev–Trinajstić information content (AvgIpc) is 2.63. The normalized spacial score (nSPS) is 22.6. The fourth-order valence-electron chi connectivity index (χ4n) is 4.22. The molecular weight excluding hydrogens is 316 g/mol. The molecule has 1 aromatic rings. The van der Waals surface area contributed by atoms with Gasteiger partial charge in [-0.25, -0.2) is 0 Å². The number of hydrogen-bond acceptors (Lipinski definition) is 4. The number of carbonyl (C=O) groups is 1. The number of amides is 1. The lowest BCUT2D eigenvalue weighted by Crippen LogP contribution is -2.57. The fraction of sp³-hybridized carbons (Fsp3) is 0.579. The lowest BCUT2D eigenvalue weighted by atomic mass is 9.73. The minimum absolute atomic E-state index is 0.169. The number of rotatable bonds is 4. The van der Waals surface area contributed by atoms with Gasteiger partial charge in [0, 0.05) is 19.6 Å². The van der Waals surface area contributed by atoms with Gasteiger partial charge in [0.2, 0.25) is 5.91 Å². The van der Waals surface area contributed by atoms with Crippen molar-refractivity contribution in [2.24, 2.45) is 11.7 Å². The number of piperazine rings is 1. The van der Waals surface area contributed by atoms with Crippen molar-refractivity contribution in [2.75, 3.05) is 26.2 Å². The summed E-state index contributed by atoms with van der Waals surface area (Å²) >= 11 is 0. The van der Waals surface area contributed by atoms with Gasteiger partial charge in [-0.15, -0.1) is 0 Å². The van der Waals surface area contributed by atoms with Crippen LogP contribution in [0, 0.1) is 11.3 Å². The molecule has 2 fully saturated rings. The summed E-state index contributed by atoms with van der Waals surface area (Å²) in [7, 11) is 0. The maximum atomic E-state index is 12.2. The second kappa shape index (κ2) is 7.54. The Balaban J connectivity index is 1.79. The molecule has 136 valence electrons. The van der Waals surface area contributed by atoms with Gasteiger partial charge in [-0.2, -0.15) is 0 Å². The molecule has 0 aromatic heterocycles. The third kappa shape index (κ3) is 3.85. The van der Waals surface area contributed by atoms with E-state index in [4.69, 9.17) is 11.1 Å². The molecule has 1 heterocycles. The van der Waals surface area contributed by atoms with E-state index >= 15 is 0 Å². The zero-order chi connectivity index (χ0) is 17.9. The number of guanidine groups is 1. The Morgan fingerprint density at radius 3 is 2.48 bits per heavy atom. The molecule has 6 heteroatoms. The van der Waals surface area contributed by atoms with Crippen LogP contribution in [-0.2, 0) is 10.4 Å². The second-order valence-corrected chi connectivity index (χ2v) is 7.27. The van der Waals surface area contributed by atoms with Crippen molar-refractivity contribution in [2.45, 2.75) is 37.7 Å². The number of nitrogens with two attached hydrogens (primary N) is 1. The van der Waals surface area contributed by atoms with E-state index in [0.29, 0.717) is 19.6 Å². The molecule has 25 heavy (non-hydrogen) atoms. The summed E-state index contributed by atoms with van der Waals surface area (Å²) in [6, 6.07) is 9.86. The van der Waals surface area contributed by atoms with E-state index in [1.807, 2.05) is 35.2 Å². The Bertz CT molecular complexity index is 615.